The maximum atomic E-state index is 5.85. The van der Waals surface area contributed by atoms with Gasteiger partial charge in [0.05, 0.1) is 11.4 Å². The predicted molar refractivity (Wildman–Crippen MR) is 61.8 cm³/mol. The Kier molecular flexibility index (Phi) is 3.10. The largest absolute Gasteiger partial charge is 0.331 e. The Bertz CT molecular complexity index is 341. The minimum absolute atomic E-state index is 0.543. The summed E-state index contributed by atoms with van der Waals surface area (Å²) in [5.74, 6) is 1.80. The van der Waals surface area contributed by atoms with Crippen LogP contribution >= 0.6 is 0 Å². The van der Waals surface area contributed by atoms with Crippen LogP contribution in [0.4, 0.5) is 0 Å². The average Bonchev–Trinajstić information content (AvgIpc) is 2.66. The lowest BCUT2D eigenvalue weighted by Gasteiger charge is -2.16. The molecule has 1 aliphatic rings. The van der Waals surface area contributed by atoms with E-state index in [1.165, 1.54) is 30.1 Å². The molecule has 2 N–H and O–H groups in total. The lowest BCUT2D eigenvalue weighted by Crippen LogP contribution is -2.15. The van der Waals surface area contributed by atoms with Crippen LogP contribution in [-0.2, 0) is 19.5 Å². The van der Waals surface area contributed by atoms with Crippen molar-refractivity contribution in [2.24, 2.45) is 5.73 Å². The molecule has 15 heavy (non-hydrogen) atoms. The molecule has 0 spiro atoms. The number of rotatable bonds is 3. The van der Waals surface area contributed by atoms with Gasteiger partial charge in [-0.15, -0.1) is 0 Å². The molecule has 3 nitrogen and oxygen atoms in total. The second-order valence-corrected chi connectivity index (χ2v) is 4.48. The quantitative estimate of drug-likeness (QED) is 0.825. The van der Waals surface area contributed by atoms with Gasteiger partial charge in [0.25, 0.3) is 0 Å². The number of nitrogens with zero attached hydrogens (tertiary/aromatic N) is 2. The first kappa shape index (κ1) is 10.7. The van der Waals surface area contributed by atoms with Crippen molar-refractivity contribution in [2.45, 2.75) is 58.5 Å². The highest BCUT2D eigenvalue weighted by atomic mass is 15.1. The molecule has 0 saturated heterocycles. The van der Waals surface area contributed by atoms with Crippen LogP contribution in [0.5, 0.6) is 0 Å². The Labute approximate surface area is 91.7 Å². The molecule has 0 amide bonds. The number of aromatic nitrogens is 2. The molecule has 0 aliphatic carbocycles. The summed E-state index contributed by atoms with van der Waals surface area (Å²) in [7, 11) is 0. The standard InChI is InChI=1S/C12H21N3/c1-3-9(2)12-10(8-13)15-7-5-4-6-11(15)14-12/h9H,3-8,13H2,1-2H3/t9-/m0/s1. The monoisotopic (exact) mass is 207 g/mol. The van der Waals surface area contributed by atoms with Crippen molar-refractivity contribution in [1.82, 2.24) is 9.55 Å². The van der Waals surface area contributed by atoms with Crippen molar-refractivity contribution in [3.05, 3.63) is 17.2 Å². The van der Waals surface area contributed by atoms with Crippen molar-refractivity contribution < 1.29 is 0 Å². The second kappa shape index (κ2) is 4.35. The average molecular weight is 207 g/mol. The highest BCUT2D eigenvalue weighted by Crippen LogP contribution is 2.26. The Balaban J connectivity index is 2.41. The van der Waals surface area contributed by atoms with Gasteiger partial charge in [-0.25, -0.2) is 4.98 Å². The molecule has 2 rings (SSSR count). The summed E-state index contributed by atoms with van der Waals surface area (Å²) < 4.78 is 2.35. The van der Waals surface area contributed by atoms with Crippen molar-refractivity contribution in [2.75, 3.05) is 0 Å². The lowest BCUT2D eigenvalue weighted by atomic mass is 10.0. The number of hydrogen-bond acceptors (Lipinski definition) is 2. The van der Waals surface area contributed by atoms with Crippen LogP contribution in [0, 0.1) is 0 Å². The van der Waals surface area contributed by atoms with Crippen LogP contribution in [0.3, 0.4) is 0 Å². The fourth-order valence-corrected chi connectivity index (χ4v) is 2.37. The van der Waals surface area contributed by atoms with Gasteiger partial charge in [-0.2, -0.15) is 0 Å². The van der Waals surface area contributed by atoms with Gasteiger partial charge in [-0.1, -0.05) is 13.8 Å². The minimum Gasteiger partial charge on any atom is -0.331 e. The maximum Gasteiger partial charge on any atom is 0.109 e. The van der Waals surface area contributed by atoms with Crippen molar-refractivity contribution in [1.29, 1.82) is 0 Å². The van der Waals surface area contributed by atoms with Gasteiger partial charge in [-0.05, 0) is 19.3 Å². The van der Waals surface area contributed by atoms with E-state index in [1.54, 1.807) is 0 Å². The third-order valence-corrected chi connectivity index (χ3v) is 3.49. The molecule has 1 atom stereocenters. The number of fused-ring (bicyclic) bond motifs is 1. The molecule has 1 aromatic heterocycles. The molecule has 1 aromatic rings. The van der Waals surface area contributed by atoms with E-state index in [9.17, 15) is 0 Å². The van der Waals surface area contributed by atoms with Crippen molar-refractivity contribution in [3.8, 4) is 0 Å². The summed E-state index contributed by atoms with van der Waals surface area (Å²) in [5, 5.41) is 0. The Morgan fingerprint density at radius 2 is 2.27 bits per heavy atom. The number of imidazole rings is 1. The van der Waals surface area contributed by atoms with E-state index in [4.69, 9.17) is 10.7 Å². The van der Waals surface area contributed by atoms with E-state index in [1.807, 2.05) is 0 Å². The molecule has 2 heterocycles. The van der Waals surface area contributed by atoms with E-state index < -0.39 is 0 Å². The van der Waals surface area contributed by atoms with Crippen LogP contribution < -0.4 is 5.73 Å². The molecule has 0 unspecified atom stereocenters. The smallest absolute Gasteiger partial charge is 0.109 e. The van der Waals surface area contributed by atoms with Gasteiger partial charge in [0.2, 0.25) is 0 Å². The second-order valence-electron chi connectivity index (χ2n) is 4.48. The fourth-order valence-electron chi connectivity index (χ4n) is 2.37. The molecule has 0 fully saturated rings. The number of nitrogens with two attached hydrogens (primary N) is 1. The summed E-state index contributed by atoms with van der Waals surface area (Å²) in [4.78, 5) is 4.78. The highest BCUT2D eigenvalue weighted by molar-refractivity contribution is 5.22. The number of aryl methyl sites for hydroxylation is 1. The molecule has 0 bridgehead atoms. The van der Waals surface area contributed by atoms with Crippen LogP contribution in [0.1, 0.15) is 56.2 Å². The van der Waals surface area contributed by atoms with Crippen molar-refractivity contribution >= 4 is 0 Å². The Morgan fingerprint density at radius 1 is 1.47 bits per heavy atom. The topological polar surface area (TPSA) is 43.8 Å². The fraction of sp³-hybridized carbons (Fsp3) is 0.750. The molecular weight excluding hydrogens is 186 g/mol. The third-order valence-electron chi connectivity index (χ3n) is 3.49. The van der Waals surface area contributed by atoms with Crippen molar-refractivity contribution in [3.63, 3.8) is 0 Å². The lowest BCUT2D eigenvalue weighted by molar-refractivity contribution is 0.508. The van der Waals surface area contributed by atoms with Crippen LogP contribution in [0.2, 0.25) is 0 Å². The summed E-state index contributed by atoms with van der Waals surface area (Å²) >= 11 is 0. The normalized spacial score (nSPS) is 17.5. The van der Waals surface area contributed by atoms with E-state index >= 15 is 0 Å². The van der Waals surface area contributed by atoms with Gasteiger partial charge >= 0.3 is 0 Å². The Hall–Kier alpha value is -0.830. The van der Waals surface area contributed by atoms with E-state index in [2.05, 4.69) is 18.4 Å². The first-order valence-corrected chi connectivity index (χ1v) is 6.06. The first-order chi connectivity index (χ1) is 7.27. The van der Waals surface area contributed by atoms with Gasteiger partial charge in [0.15, 0.2) is 0 Å². The van der Waals surface area contributed by atoms with Crippen LogP contribution in [-0.4, -0.2) is 9.55 Å². The van der Waals surface area contributed by atoms with Gasteiger partial charge < -0.3 is 10.3 Å². The Morgan fingerprint density at radius 3 is 2.93 bits per heavy atom. The minimum atomic E-state index is 0.543. The van der Waals surface area contributed by atoms with E-state index in [0.717, 1.165) is 19.4 Å². The summed E-state index contributed by atoms with van der Waals surface area (Å²) in [6.07, 6.45) is 4.82. The molecule has 0 aromatic carbocycles. The highest BCUT2D eigenvalue weighted by Gasteiger charge is 2.20. The molecule has 0 radical (unpaired) electrons. The third kappa shape index (κ3) is 1.81. The molecule has 1 aliphatic heterocycles. The SMILES string of the molecule is CC[C@H](C)c1nc2n(c1CN)CCCC2. The summed E-state index contributed by atoms with van der Waals surface area (Å²) in [6.45, 7) is 6.20. The molecule has 0 saturated carbocycles. The van der Waals surface area contributed by atoms with E-state index in [-0.39, 0.29) is 0 Å². The van der Waals surface area contributed by atoms with Gasteiger partial charge in [0, 0.05) is 25.4 Å². The molecule has 3 heteroatoms. The molecule has 84 valence electrons. The van der Waals surface area contributed by atoms with Crippen LogP contribution in [0.15, 0.2) is 0 Å². The zero-order valence-electron chi connectivity index (χ0n) is 9.79. The van der Waals surface area contributed by atoms with Crippen LogP contribution in [0.25, 0.3) is 0 Å². The molecular formula is C12H21N3. The summed E-state index contributed by atoms with van der Waals surface area (Å²) in [6, 6.07) is 0. The maximum absolute atomic E-state index is 5.85. The first-order valence-electron chi connectivity index (χ1n) is 6.06. The number of hydrogen-bond donors (Lipinski definition) is 1. The zero-order chi connectivity index (χ0) is 10.8. The zero-order valence-corrected chi connectivity index (χ0v) is 9.79. The van der Waals surface area contributed by atoms with Gasteiger partial charge in [-0.3, -0.25) is 0 Å². The summed E-state index contributed by atoms with van der Waals surface area (Å²) in [5.41, 5.74) is 8.37. The predicted octanol–water partition coefficient (Wildman–Crippen LogP) is 2.19. The van der Waals surface area contributed by atoms with E-state index in [0.29, 0.717) is 12.5 Å². The van der Waals surface area contributed by atoms with Gasteiger partial charge in [0.1, 0.15) is 5.82 Å².